The Morgan fingerprint density at radius 2 is 1.87 bits per heavy atom. The second-order valence-corrected chi connectivity index (χ2v) is 4.05. The summed E-state index contributed by atoms with van der Waals surface area (Å²) in [7, 11) is 6.14. The van der Waals surface area contributed by atoms with E-state index in [9.17, 15) is 5.11 Å². The fourth-order valence-corrected chi connectivity index (χ4v) is 1.58. The van der Waals surface area contributed by atoms with Gasteiger partial charge < -0.3 is 15.3 Å². The van der Waals surface area contributed by atoms with Crippen molar-refractivity contribution in [1.82, 2.24) is 10.2 Å². The van der Waals surface area contributed by atoms with Crippen LogP contribution in [0.25, 0.3) is 0 Å². The molecule has 1 aromatic carbocycles. The van der Waals surface area contributed by atoms with Gasteiger partial charge in [-0.1, -0.05) is 12.1 Å². The van der Waals surface area contributed by atoms with Crippen LogP contribution in [0, 0.1) is 0 Å². The van der Waals surface area contributed by atoms with Crippen molar-refractivity contribution >= 4 is 0 Å². The third kappa shape index (κ3) is 3.90. The van der Waals surface area contributed by atoms with Crippen LogP contribution in [0.5, 0.6) is 5.75 Å². The number of aromatic hydroxyl groups is 1. The Labute approximate surface area is 91.7 Å². The Morgan fingerprint density at radius 3 is 2.33 bits per heavy atom. The van der Waals surface area contributed by atoms with E-state index in [2.05, 4.69) is 24.3 Å². The molecule has 0 unspecified atom stereocenters. The summed E-state index contributed by atoms with van der Waals surface area (Å²) in [5.41, 5.74) is 1.25. The quantitative estimate of drug-likeness (QED) is 0.760. The van der Waals surface area contributed by atoms with E-state index >= 15 is 0 Å². The number of phenolic OH excluding ortho intramolecular Hbond substituents is 1. The van der Waals surface area contributed by atoms with Crippen LogP contribution in [0.2, 0.25) is 0 Å². The lowest BCUT2D eigenvalue weighted by Crippen LogP contribution is -2.38. The molecule has 1 atom stereocenters. The lowest BCUT2D eigenvalue weighted by Gasteiger charge is -2.24. The minimum absolute atomic E-state index is 0.328. The van der Waals surface area contributed by atoms with Crippen molar-refractivity contribution in [1.29, 1.82) is 0 Å². The lowest BCUT2D eigenvalue weighted by molar-refractivity contribution is 0.286. The molecule has 3 nitrogen and oxygen atoms in total. The van der Waals surface area contributed by atoms with Gasteiger partial charge in [0.25, 0.3) is 0 Å². The van der Waals surface area contributed by atoms with E-state index in [1.54, 1.807) is 12.1 Å². The summed E-state index contributed by atoms with van der Waals surface area (Å²) in [6, 6.07) is 7.91. The average Bonchev–Trinajstić information content (AvgIpc) is 2.20. The molecule has 0 aliphatic rings. The van der Waals surface area contributed by atoms with Gasteiger partial charge in [0, 0.05) is 12.6 Å². The van der Waals surface area contributed by atoms with Crippen LogP contribution >= 0.6 is 0 Å². The summed E-state index contributed by atoms with van der Waals surface area (Å²) >= 11 is 0. The topological polar surface area (TPSA) is 35.5 Å². The highest BCUT2D eigenvalue weighted by Gasteiger charge is 2.10. The van der Waals surface area contributed by atoms with Gasteiger partial charge in [-0.3, -0.25) is 0 Å². The van der Waals surface area contributed by atoms with Crippen molar-refractivity contribution in [2.24, 2.45) is 0 Å². The highest BCUT2D eigenvalue weighted by Crippen LogP contribution is 2.12. The summed E-state index contributed by atoms with van der Waals surface area (Å²) in [6.45, 7) is 0.966. The van der Waals surface area contributed by atoms with E-state index in [1.165, 1.54) is 5.56 Å². The molecule has 0 aliphatic carbocycles. The predicted molar refractivity (Wildman–Crippen MR) is 63.2 cm³/mol. The molecule has 0 bridgehead atoms. The molecule has 0 radical (unpaired) electrons. The first-order valence-electron chi connectivity index (χ1n) is 5.22. The van der Waals surface area contributed by atoms with E-state index in [-0.39, 0.29) is 0 Å². The Hall–Kier alpha value is -1.06. The molecule has 0 aromatic heterocycles. The summed E-state index contributed by atoms with van der Waals surface area (Å²) in [5, 5.41) is 12.4. The van der Waals surface area contributed by atoms with Gasteiger partial charge in [-0.25, -0.2) is 0 Å². The molecule has 1 rings (SSSR count). The largest absolute Gasteiger partial charge is 0.508 e. The van der Waals surface area contributed by atoms with Gasteiger partial charge in [0.15, 0.2) is 0 Å². The molecule has 0 amide bonds. The Kier molecular flexibility index (Phi) is 4.59. The third-order valence-corrected chi connectivity index (χ3v) is 2.58. The number of rotatable bonds is 5. The van der Waals surface area contributed by atoms with Gasteiger partial charge in [-0.05, 0) is 45.3 Å². The van der Waals surface area contributed by atoms with Gasteiger partial charge in [0.1, 0.15) is 5.75 Å². The summed E-state index contributed by atoms with van der Waals surface area (Å²) in [4.78, 5) is 2.21. The fraction of sp³-hybridized carbons (Fsp3) is 0.500. The minimum atomic E-state index is 0.328. The van der Waals surface area contributed by atoms with Crippen molar-refractivity contribution in [2.45, 2.75) is 12.5 Å². The van der Waals surface area contributed by atoms with Crippen molar-refractivity contribution in [3.8, 4) is 5.75 Å². The van der Waals surface area contributed by atoms with Crippen LogP contribution in [0.4, 0.5) is 0 Å². The van der Waals surface area contributed by atoms with Crippen LogP contribution in [-0.4, -0.2) is 43.7 Å². The van der Waals surface area contributed by atoms with E-state index in [4.69, 9.17) is 0 Å². The number of benzene rings is 1. The van der Waals surface area contributed by atoms with Crippen molar-refractivity contribution in [3.05, 3.63) is 29.8 Å². The van der Waals surface area contributed by atoms with Crippen LogP contribution in [0.1, 0.15) is 5.56 Å². The van der Waals surface area contributed by atoms with Gasteiger partial charge >= 0.3 is 0 Å². The Bertz CT molecular complexity index is 282. The zero-order valence-corrected chi connectivity index (χ0v) is 9.70. The second kappa shape index (κ2) is 5.73. The molecule has 0 fully saturated rings. The first-order chi connectivity index (χ1) is 7.13. The number of phenols is 1. The molecule has 0 aliphatic heterocycles. The highest BCUT2D eigenvalue weighted by molar-refractivity contribution is 5.26. The van der Waals surface area contributed by atoms with E-state index in [0.29, 0.717) is 11.8 Å². The minimum Gasteiger partial charge on any atom is -0.508 e. The Balaban J connectivity index is 2.61. The molecular weight excluding hydrogens is 188 g/mol. The second-order valence-electron chi connectivity index (χ2n) is 4.05. The zero-order valence-electron chi connectivity index (χ0n) is 9.70. The number of nitrogens with one attached hydrogen (secondary N) is 1. The molecule has 0 saturated heterocycles. The maximum atomic E-state index is 9.18. The van der Waals surface area contributed by atoms with E-state index < -0.39 is 0 Å². The lowest BCUT2D eigenvalue weighted by atomic mass is 10.1. The third-order valence-electron chi connectivity index (χ3n) is 2.58. The molecule has 2 N–H and O–H groups in total. The summed E-state index contributed by atoms with van der Waals surface area (Å²) < 4.78 is 0. The summed E-state index contributed by atoms with van der Waals surface area (Å²) in [5.74, 6) is 0.328. The molecule has 0 heterocycles. The predicted octanol–water partition coefficient (Wildman–Crippen LogP) is 1.08. The number of hydrogen-bond acceptors (Lipinski definition) is 3. The van der Waals surface area contributed by atoms with E-state index in [0.717, 1.165) is 13.0 Å². The molecule has 15 heavy (non-hydrogen) atoms. The van der Waals surface area contributed by atoms with Crippen LogP contribution < -0.4 is 5.32 Å². The SMILES string of the molecule is CNC[C@@H](Cc1ccc(O)cc1)N(C)C. The average molecular weight is 208 g/mol. The normalized spacial score (nSPS) is 13.1. The zero-order chi connectivity index (χ0) is 11.3. The maximum absolute atomic E-state index is 9.18. The first kappa shape index (κ1) is 12.0. The number of likely N-dealkylation sites (N-methyl/N-ethyl adjacent to an activating group) is 2. The van der Waals surface area contributed by atoms with Gasteiger partial charge in [0.2, 0.25) is 0 Å². The first-order valence-corrected chi connectivity index (χ1v) is 5.22. The number of hydrogen-bond donors (Lipinski definition) is 2. The van der Waals surface area contributed by atoms with Crippen LogP contribution in [0.3, 0.4) is 0 Å². The van der Waals surface area contributed by atoms with Gasteiger partial charge in [0.05, 0.1) is 0 Å². The monoisotopic (exact) mass is 208 g/mol. The van der Waals surface area contributed by atoms with E-state index in [1.807, 2.05) is 19.2 Å². The van der Waals surface area contributed by atoms with Gasteiger partial charge in [-0.15, -0.1) is 0 Å². The maximum Gasteiger partial charge on any atom is 0.115 e. The van der Waals surface area contributed by atoms with Gasteiger partial charge in [-0.2, -0.15) is 0 Å². The molecule has 0 spiro atoms. The standard InChI is InChI=1S/C12H20N2O/c1-13-9-11(14(2)3)8-10-4-6-12(15)7-5-10/h4-7,11,13,15H,8-9H2,1-3H3/t11-/m1/s1. The van der Waals surface area contributed by atoms with Crippen molar-refractivity contribution < 1.29 is 5.11 Å². The highest BCUT2D eigenvalue weighted by atomic mass is 16.3. The smallest absolute Gasteiger partial charge is 0.115 e. The molecular formula is C12H20N2O. The van der Waals surface area contributed by atoms with Crippen LogP contribution in [0.15, 0.2) is 24.3 Å². The molecule has 0 saturated carbocycles. The fourth-order valence-electron chi connectivity index (χ4n) is 1.58. The number of nitrogens with zero attached hydrogens (tertiary/aromatic N) is 1. The molecule has 1 aromatic rings. The van der Waals surface area contributed by atoms with Crippen molar-refractivity contribution in [2.75, 3.05) is 27.7 Å². The molecule has 84 valence electrons. The van der Waals surface area contributed by atoms with Crippen molar-refractivity contribution in [3.63, 3.8) is 0 Å². The summed E-state index contributed by atoms with van der Waals surface area (Å²) in [6.07, 6.45) is 0.994. The van der Waals surface area contributed by atoms with Crippen LogP contribution in [-0.2, 0) is 6.42 Å². The molecule has 3 heteroatoms. The Morgan fingerprint density at radius 1 is 1.27 bits per heavy atom.